The van der Waals surface area contributed by atoms with Crippen LogP contribution in [0.5, 0.6) is 0 Å². The molecular weight excluding hydrogens is 204 g/mol. The van der Waals surface area contributed by atoms with E-state index in [2.05, 4.69) is 36.5 Å². The Hall–Kier alpha value is -1.62. The highest BCUT2D eigenvalue weighted by Crippen LogP contribution is 2.14. The molecule has 0 bridgehead atoms. The fourth-order valence-electron chi connectivity index (χ4n) is 1.14. The van der Waals surface area contributed by atoms with Crippen molar-refractivity contribution in [2.75, 3.05) is 12.0 Å². The van der Waals surface area contributed by atoms with Gasteiger partial charge in [0.15, 0.2) is 0 Å². The summed E-state index contributed by atoms with van der Waals surface area (Å²) in [7, 11) is 0. The predicted octanol–water partition coefficient (Wildman–Crippen LogP) is 1.14. The van der Waals surface area contributed by atoms with Crippen molar-refractivity contribution in [2.45, 2.75) is 20.8 Å². The third kappa shape index (κ3) is 3.51. The lowest BCUT2D eigenvalue weighted by Gasteiger charge is -2.19. The maximum absolute atomic E-state index is 11.8. The van der Waals surface area contributed by atoms with E-state index in [0.717, 1.165) is 0 Å². The number of carbonyl (C=O) groups excluding carboxylic acids is 1. The van der Waals surface area contributed by atoms with Crippen LogP contribution in [0.2, 0.25) is 0 Å². The minimum Gasteiger partial charge on any atom is -0.351 e. The number of pyridine rings is 1. The molecule has 5 heteroatoms. The quantitative estimate of drug-likeness (QED) is 0.529. The molecule has 0 radical (unpaired) electrons. The van der Waals surface area contributed by atoms with Gasteiger partial charge in [0.25, 0.3) is 5.91 Å². The van der Waals surface area contributed by atoms with Crippen LogP contribution in [0.3, 0.4) is 0 Å². The Kier molecular flexibility index (Phi) is 3.84. The maximum Gasteiger partial charge on any atom is 0.255 e. The molecule has 0 aromatic carbocycles. The lowest BCUT2D eigenvalue weighted by molar-refractivity contribution is 0.0939. The molecule has 0 saturated carbocycles. The number of hydrazine groups is 1. The molecule has 0 unspecified atom stereocenters. The third-order valence-electron chi connectivity index (χ3n) is 2.00. The summed E-state index contributed by atoms with van der Waals surface area (Å²) in [4.78, 5) is 15.7. The van der Waals surface area contributed by atoms with Gasteiger partial charge in [0, 0.05) is 18.9 Å². The van der Waals surface area contributed by atoms with E-state index < -0.39 is 0 Å². The van der Waals surface area contributed by atoms with Crippen molar-refractivity contribution in [1.29, 1.82) is 0 Å². The fraction of sp³-hybridized carbons (Fsp3) is 0.455. The zero-order valence-electron chi connectivity index (χ0n) is 9.87. The van der Waals surface area contributed by atoms with Crippen LogP contribution >= 0.6 is 0 Å². The Labute approximate surface area is 95.4 Å². The van der Waals surface area contributed by atoms with Crippen LogP contribution < -0.4 is 16.6 Å². The minimum atomic E-state index is -0.170. The van der Waals surface area contributed by atoms with Gasteiger partial charge in [-0.1, -0.05) is 20.8 Å². The van der Waals surface area contributed by atoms with Crippen molar-refractivity contribution < 1.29 is 4.79 Å². The number of rotatable bonds is 3. The van der Waals surface area contributed by atoms with E-state index in [-0.39, 0.29) is 11.3 Å². The van der Waals surface area contributed by atoms with Crippen LogP contribution in [0.1, 0.15) is 31.1 Å². The van der Waals surface area contributed by atoms with E-state index >= 15 is 0 Å². The van der Waals surface area contributed by atoms with E-state index in [1.54, 1.807) is 12.3 Å². The average molecular weight is 222 g/mol. The molecule has 0 fully saturated rings. The van der Waals surface area contributed by atoms with Gasteiger partial charge in [0.2, 0.25) is 0 Å². The molecule has 0 aliphatic rings. The van der Waals surface area contributed by atoms with Gasteiger partial charge in [0.05, 0.1) is 11.3 Å². The van der Waals surface area contributed by atoms with Crippen molar-refractivity contribution in [2.24, 2.45) is 11.3 Å². The van der Waals surface area contributed by atoms with Gasteiger partial charge in [-0.3, -0.25) is 15.6 Å². The number of amides is 1. The number of nitrogen functional groups attached to an aromatic ring is 1. The van der Waals surface area contributed by atoms with E-state index in [4.69, 9.17) is 5.84 Å². The van der Waals surface area contributed by atoms with Crippen molar-refractivity contribution in [3.8, 4) is 0 Å². The zero-order valence-corrected chi connectivity index (χ0v) is 9.87. The van der Waals surface area contributed by atoms with Gasteiger partial charge >= 0.3 is 0 Å². The largest absolute Gasteiger partial charge is 0.351 e. The van der Waals surface area contributed by atoms with Crippen molar-refractivity contribution in [1.82, 2.24) is 10.3 Å². The van der Waals surface area contributed by atoms with Crippen LogP contribution in [0, 0.1) is 5.41 Å². The summed E-state index contributed by atoms with van der Waals surface area (Å²) < 4.78 is 0. The van der Waals surface area contributed by atoms with Gasteiger partial charge in [-0.2, -0.15) is 0 Å². The highest BCUT2D eigenvalue weighted by molar-refractivity contribution is 5.99. The summed E-state index contributed by atoms with van der Waals surface area (Å²) in [5, 5.41) is 2.84. The van der Waals surface area contributed by atoms with Gasteiger partial charge in [-0.25, -0.2) is 0 Å². The van der Waals surface area contributed by atoms with E-state index in [1.807, 2.05) is 0 Å². The first-order valence-corrected chi connectivity index (χ1v) is 5.13. The summed E-state index contributed by atoms with van der Waals surface area (Å²) in [5.74, 6) is 5.14. The lowest BCUT2D eigenvalue weighted by atomic mass is 9.97. The highest BCUT2D eigenvalue weighted by Gasteiger charge is 2.15. The molecule has 16 heavy (non-hydrogen) atoms. The monoisotopic (exact) mass is 222 g/mol. The van der Waals surface area contributed by atoms with Crippen molar-refractivity contribution in [3.05, 3.63) is 24.0 Å². The standard InChI is InChI=1S/C11H18N4O/c1-11(2,3)7-14-10(16)8-6-13-5-4-9(8)15-12/h4-6H,7,12H2,1-3H3,(H,13,15)(H,14,16). The van der Waals surface area contributed by atoms with Gasteiger partial charge in [-0.05, 0) is 11.5 Å². The Morgan fingerprint density at radius 3 is 2.75 bits per heavy atom. The number of nitrogens with one attached hydrogen (secondary N) is 2. The molecule has 0 aliphatic heterocycles. The summed E-state index contributed by atoms with van der Waals surface area (Å²) in [6.07, 6.45) is 3.07. The van der Waals surface area contributed by atoms with Crippen LogP contribution in [0.15, 0.2) is 18.5 Å². The number of hydrogen-bond acceptors (Lipinski definition) is 4. The summed E-state index contributed by atoms with van der Waals surface area (Å²) in [5.41, 5.74) is 3.55. The third-order valence-corrected chi connectivity index (χ3v) is 2.00. The summed E-state index contributed by atoms with van der Waals surface area (Å²) in [6, 6.07) is 1.66. The molecule has 0 aliphatic carbocycles. The number of nitrogens with two attached hydrogens (primary N) is 1. The van der Waals surface area contributed by atoms with Gasteiger partial charge in [0.1, 0.15) is 0 Å². The predicted molar refractivity (Wildman–Crippen MR) is 63.8 cm³/mol. The Bertz CT molecular complexity index is 370. The van der Waals surface area contributed by atoms with Crippen LogP contribution in [0.4, 0.5) is 5.69 Å². The summed E-state index contributed by atoms with van der Waals surface area (Å²) >= 11 is 0. The molecule has 5 nitrogen and oxygen atoms in total. The summed E-state index contributed by atoms with van der Waals surface area (Å²) in [6.45, 7) is 6.76. The SMILES string of the molecule is CC(C)(C)CNC(=O)c1cnccc1NN. The molecule has 0 atom stereocenters. The van der Waals surface area contributed by atoms with E-state index in [9.17, 15) is 4.79 Å². The minimum absolute atomic E-state index is 0.0498. The molecule has 1 amide bonds. The second-order valence-corrected chi connectivity index (χ2v) is 4.81. The second-order valence-electron chi connectivity index (χ2n) is 4.81. The number of nitrogens with zero attached hydrogens (tertiary/aromatic N) is 1. The molecule has 88 valence electrons. The second kappa shape index (κ2) is 4.94. The van der Waals surface area contributed by atoms with Crippen LogP contribution in [-0.4, -0.2) is 17.4 Å². The van der Waals surface area contributed by atoms with Crippen molar-refractivity contribution in [3.63, 3.8) is 0 Å². The van der Waals surface area contributed by atoms with E-state index in [0.29, 0.717) is 17.8 Å². The molecule has 1 rings (SSSR count). The van der Waals surface area contributed by atoms with Crippen LogP contribution in [0.25, 0.3) is 0 Å². The number of carbonyl (C=O) groups is 1. The zero-order chi connectivity index (χ0) is 12.2. The Balaban J connectivity index is 2.73. The molecule has 0 spiro atoms. The molecule has 0 saturated heterocycles. The molecular formula is C11H18N4O. The Morgan fingerprint density at radius 1 is 1.50 bits per heavy atom. The Morgan fingerprint density at radius 2 is 2.19 bits per heavy atom. The molecule has 4 N–H and O–H groups in total. The van der Waals surface area contributed by atoms with E-state index in [1.165, 1.54) is 6.20 Å². The van der Waals surface area contributed by atoms with Crippen LogP contribution in [-0.2, 0) is 0 Å². The normalized spacial score (nSPS) is 11.0. The first-order valence-electron chi connectivity index (χ1n) is 5.13. The molecule has 1 heterocycles. The van der Waals surface area contributed by atoms with Crippen molar-refractivity contribution >= 4 is 11.6 Å². The first kappa shape index (κ1) is 12.4. The van der Waals surface area contributed by atoms with Gasteiger partial charge in [-0.15, -0.1) is 0 Å². The molecule has 1 aromatic rings. The topological polar surface area (TPSA) is 80.0 Å². The smallest absolute Gasteiger partial charge is 0.255 e. The molecule has 1 aromatic heterocycles. The number of aromatic nitrogens is 1. The average Bonchev–Trinajstić information content (AvgIpc) is 2.25. The number of hydrogen-bond donors (Lipinski definition) is 3. The maximum atomic E-state index is 11.8. The lowest BCUT2D eigenvalue weighted by Crippen LogP contribution is -2.33. The fourth-order valence-corrected chi connectivity index (χ4v) is 1.14. The highest BCUT2D eigenvalue weighted by atomic mass is 16.1. The van der Waals surface area contributed by atoms with Gasteiger partial charge < -0.3 is 10.7 Å². The number of anilines is 1. The first-order chi connectivity index (χ1) is 7.44.